The van der Waals surface area contributed by atoms with Gasteiger partial charge in [0, 0.05) is 12.1 Å². The number of rotatable bonds is 4. The van der Waals surface area contributed by atoms with Gasteiger partial charge in [0.25, 0.3) is 21.8 Å². The number of carbonyl (C=O) groups excluding carboxylic acids is 2. The van der Waals surface area contributed by atoms with Gasteiger partial charge in [0.15, 0.2) is 0 Å². The summed E-state index contributed by atoms with van der Waals surface area (Å²) in [6.45, 7) is 1.93. The van der Waals surface area contributed by atoms with Crippen molar-refractivity contribution < 1.29 is 18.0 Å². The van der Waals surface area contributed by atoms with Crippen LogP contribution in [0.25, 0.3) is 10.8 Å². The molecule has 1 atom stereocenters. The first-order valence-electron chi connectivity index (χ1n) is 9.35. The fourth-order valence-corrected chi connectivity index (χ4v) is 5.22. The lowest BCUT2D eigenvalue weighted by Crippen LogP contribution is -2.67. The van der Waals surface area contributed by atoms with Crippen LogP contribution in [-0.2, 0) is 14.8 Å². The maximum Gasteiger partial charge on any atom is 0.265 e. The maximum atomic E-state index is 13.2. The summed E-state index contributed by atoms with van der Waals surface area (Å²) in [7, 11) is -4.17. The molecule has 1 saturated heterocycles. The second-order valence-electron chi connectivity index (χ2n) is 7.37. The molecule has 0 aromatic heterocycles. The second-order valence-corrected chi connectivity index (χ2v) is 9.43. The molecular weight excluding hydrogens is 424 g/mol. The van der Waals surface area contributed by atoms with Gasteiger partial charge in [-0.1, -0.05) is 60.1 Å². The maximum absolute atomic E-state index is 13.2. The first-order chi connectivity index (χ1) is 14.2. The Labute approximate surface area is 179 Å². The third-order valence-corrected chi connectivity index (χ3v) is 7.36. The number of nitrogens with zero attached hydrogens (tertiary/aromatic N) is 1. The summed E-state index contributed by atoms with van der Waals surface area (Å²) in [5, 5.41) is 1.71. The van der Waals surface area contributed by atoms with Gasteiger partial charge in [0.2, 0.25) is 0 Å². The molecule has 1 unspecified atom stereocenters. The summed E-state index contributed by atoms with van der Waals surface area (Å²) in [4.78, 5) is 27.4. The highest BCUT2D eigenvalue weighted by molar-refractivity contribution is 7.90. The zero-order chi connectivity index (χ0) is 21.5. The van der Waals surface area contributed by atoms with Gasteiger partial charge in [0.1, 0.15) is 10.4 Å². The number of likely N-dealkylation sites (tertiary alicyclic amines) is 1. The Morgan fingerprint density at radius 3 is 2.37 bits per heavy atom. The van der Waals surface area contributed by atoms with Crippen LogP contribution in [-0.4, -0.2) is 37.2 Å². The highest BCUT2D eigenvalue weighted by Crippen LogP contribution is 2.34. The first kappa shape index (κ1) is 20.4. The van der Waals surface area contributed by atoms with Crippen molar-refractivity contribution in [2.75, 3.05) is 6.54 Å². The van der Waals surface area contributed by atoms with E-state index in [0.29, 0.717) is 18.5 Å². The number of hydrogen-bond acceptors (Lipinski definition) is 4. The Bertz CT molecular complexity index is 1270. The molecule has 1 aliphatic heterocycles. The van der Waals surface area contributed by atoms with E-state index in [-0.39, 0.29) is 15.8 Å². The molecule has 3 aromatic rings. The molecule has 1 aliphatic rings. The highest BCUT2D eigenvalue weighted by atomic mass is 35.5. The molecule has 0 radical (unpaired) electrons. The number of sulfonamides is 1. The Hall–Kier alpha value is -2.90. The van der Waals surface area contributed by atoms with Gasteiger partial charge < -0.3 is 4.90 Å². The van der Waals surface area contributed by atoms with E-state index in [9.17, 15) is 18.0 Å². The lowest BCUT2D eigenvalue weighted by atomic mass is 9.84. The number of amides is 2. The average molecular weight is 443 g/mol. The normalized spacial score (nSPS) is 18.7. The predicted octanol–water partition coefficient (Wildman–Crippen LogP) is 3.60. The molecule has 6 nitrogen and oxygen atoms in total. The van der Waals surface area contributed by atoms with E-state index in [1.165, 1.54) is 23.1 Å². The standard InChI is InChI=1S/C22H19ClN2O4S/c1-22(21(27)24-30(28,29)19-12-5-4-11-18(19)23)13-14-25(22)20(26)17-10-6-8-15-7-2-3-9-16(15)17/h2-12H,13-14H2,1H3,(H,24,27). The molecule has 8 heteroatoms. The van der Waals surface area contributed by atoms with E-state index < -0.39 is 21.5 Å². The van der Waals surface area contributed by atoms with Crippen molar-refractivity contribution in [2.24, 2.45) is 0 Å². The summed E-state index contributed by atoms with van der Waals surface area (Å²) in [6, 6.07) is 18.8. The van der Waals surface area contributed by atoms with E-state index in [1.807, 2.05) is 30.3 Å². The van der Waals surface area contributed by atoms with Gasteiger partial charge in [-0.2, -0.15) is 0 Å². The van der Waals surface area contributed by atoms with Crippen LogP contribution in [0.15, 0.2) is 71.6 Å². The Kier molecular flexibility index (Phi) is 5.03. The lowest BCUT2D eigenvalue weighted by Gasteiger charge is -2.48. The number of carbonyl (C=O) groups is 2. The van der Waals surface area contributed by atoms with Crippen molar-refractivity contribution in [3.63, 3.8) is 0 Å². The molecule has 1 heterocycles. The van der Waals surface area contributed by atoms with E-state index in [1.54, 1.807) is 25.1 Å². The van der Waals surface area contributed by atoms with Gasteiger partial charge in [0.05, 0.1) is 5.02 Å². The number of halogens is 1. The van der Waals surface area contributed by atoms with Gasteiger partial charge >= 0.3 is 0 Å². The second kappa shape index (κ2) is 7.41. The van der Waals surface area contributed by atoms with E-state index in [2.05, 4.69) is 4.72 Å². The minimum atomic E-state index is -4.17. The van der Waals surface area contributed by atoms with E-state index >= 15 is 0 Å². The summed E-state index contributed by atoms with van der Waals surface area (Å²) < 4.78 is 27.4. The first-order valence-corrected chi connectivity index (χ1v) is 11.2. The molecule has 3 aromatic carbocycles. The van der Waals surface area contributed by atoms with Gasteiger partial charge in [-0.05, 0) is 42.3 Å². The average Bonchev–Trinajstić information content (AvgIpc) is 2.71. The molecular formula is C22H19ClN2O4S. The van der Waals surface area contributed by atoms with Crippen molar-refractivity contribution in [2.45, 2.75) is 23.8 Å². The summed E-state index contributed by atoms with van der Waals surface area (Å²) in [6.07, 6.45) is 0.355. The van der Waals surface area contributed by atoms with Gasteiger partial charge in [-0.3, -0.25) is 9.59 Å². The highest BCUT2D eigenvalue weighted by Gasteiger charge is 2.50. The molecule has 2 amide bonds. The fourth-order valence-electron chi connectivity index (χ4n) is 3.63. The largest absolute Gasteiger partial charge is 0.324 e. The Balaban J connectivity index is 1.61. The van der Waals surface area contributed by atoms with Crippen LogP contribution >= 0.6 is 11.6 Å². The topological polar surface area (TPSA) is 83.6 Å². The number of fused-ring (bicyclic) bond motifs is 1. The molecule has 0 aliphatic carbocycles. The molecule has 154 valence electrons. The zero-order valence-corrected chi connectivity index (χ0v) is 17.7. The van der Waals surface area contributed by atoms with Crippen LogP contribution in [0.2, 0.25) is 5.02 Å². The molecule has 1 fully saturated rings. The van der Waals surface area contributed by atoms with Crippen LogP contribution in [0.1, 0.15) is 23.7 Å². The van der Waals surface area contributed by atoms with Gasteiger partial charge in [-0.15, -0.1) is 0 Å². The molecule has 4 rings (SSSR count). The van der Waals surface area contributed by atoms with Crippen LogP contribution < -0.4 is 4.72 Å². The lowest BCUT2D eigenvalue weighted by molar-refractivity contribution is -0.135. The molecule has 30 heavy (non-hydrogen) atoms. The van der Waals surface area contributed by atoms with Crippen LogP contribution in [0, 0.1) is 0 Å². The van der Waals surface area contributed by atoms with Crippen LogP contribution in [0.3, 0.4) is 0 Å². The van der Waals surface area contributed by atoms with E-state index in [0.717, 1.165) is 10.8 Å². The minimum absolute atomic E-state index is 0.0141. The minimum Gasteiger partial charge on any atom is -0.324 e. The molecule has 0 bridgehead atoms. The molecule has 0 saturated carbocycles. The van der Waals surface area contributed by atoms with Crippen LogP contribution in [0.4, 0.5) is 0 Å². The smallest absolute Gasteiger partial charge is 0.265 e. The van der Waals surface area contributed by atoms with E-state index in [4.69, 9.17) is 11.6 Å². The van der Waals surface area contributed by atoms with Crippen molar-refractivity contribution in [3.8, 4) is 0 Å². The van der Waals surface area contributed by atoms with Crippen molar-refractivity contribution >= 4 is 44.2 Å². The summed E-state index contributed by atoms with van der Waals surface area (Å²) >= 11 is 5.97. The quantitative estimate of drug-likeness (QED) is 0.669. The number of nitrogens with one attached hydrogen (secondary N) is 1. The van der Waals surface area contributed by atoms with Crippen molar-refractivity contribution in [3.05, 3.63) is 77.3 Å². The monoisotopic (exact) mass is 442 g/mol. The van der Waals surface area contributed by atoms with Crippen molar-refractivity contribution in [1.82, 2.24) is 9.62 Å². The number of hydrogen-bond donors (Lipinski definition) is 1. The molecule has 0 spiro atoms. The third-order valence-electron chi connectivity index (χ3n) is 5.53. The number of benzene rings is 3. The summed E-state index contributed by atoms with van der Waals surface area (Å²) in [5.74, 6) is -1.08. The van der Waals surface area contributed by atoms with Crippen LogP contribution in [0.5, 0.6) is 0 Å². The zero-order valence-electron chi connectivity index (χ0n) is 16.1. The molecule has 1 N–H and O–H groups in total. The predicted molar refractivity (Wildman–Crippen MR) is 115 cm³/mol. The SMILES string of the molecule is CC1(C(=O)NS(=O)(=O)c2ccccc2Cl)CCN1C(=O)c1cccc2ccccc12. The summed E-state index contributed by atoms with van der Waals surface area (Å²) in [5.41, 5.74) is -0.802. The van der Waals surface area contributed by atoms with Crippen molar-refractivity contribution in [1.29, 1.82) is 0 Å². The fraction of sp³-hybridized carbons (Fsp3) is 0.182. The Morgan fingerprint density at radius 2 is 1.67 bits per heavy atom. The third kappa shape index (κ3) is 3.34. The van der Waals surface area contributed by atoms with Gasteiger partial charge in [-0.25, -0.2) is 13.1 Å². The Morgan fingerprint density at radius 1 is 1.00 bits per heavy atom.